The van der Waals surface area contributed by atoms with Gasteiger partial charge in [0.15, 0.2) is 5.96 Å². The van der Waals surface area contributed by atoms with Crippen LogP contribution in [0.1, 0.15) is 47.0 Å². The number of hydrogen-bond acceptors (Lipinski definition) is 7. The van der Waals surface area contributed by atoms with E-state index in [1.165, 1.54) is 24.3 Å². The zero-order chi connectivity index (χ0) is 27.4. The van der Waals surface area contributed by atoms with Gasteiger partial charge in [-0.3, -0.25) is 29.5 Å². The molecule has 3 unspecified atom stereocenters. The third-order valence-electron chi connectivity index (χ3n) is 5.29. The first-order valence-electron chi connectivity index (χ1n) is 11.8. The van der Waals surface area contributed by atoms with Crippen molar-refractivity contribution in [3.63, 3.8) is 0 Å². The average Bonchev–Trinajstić information content (AvgIpc) is 2.79. The standard InChI is InChI=1S/C23H38N8O5/c1-13(2)12-18(30-22(34)19(24)14(3)4)21(33)29-17(6-5-11-27-23(25)26)20(32)28-15-7-9-16(10-8-15)31(35)36/h7-10,13-14,17-19H,5-6,11-12,24H2,1-4H3,(H,28,32)(H,29,33)(H,30,34)(H4,25,26,27). The predicted molar refractivity (Wildman–Crippen MR) is 138 cm³/mol. The molecule has 0 aliphatic carbocycles. The molecule has 0 fully saturated rings. The Bertz CT molecular complexity index is 929. The Hall–Kier alpha value is -3.74. The fraction of sp³-hybridized carbons (Fsp3) is 0.565. The van der Waals surface area contributed by atoms with Crippen molar-refractivity contribution in [2.45, 2.75) is 65.1 Å². The van der Waals surface area contributed by atoms with Crippen molar-refractivity contribution in [3.05, 3.63) is 34.4 Å². The number of benzene rings is 1. The molecule has 1 rings (SSSR count). The number of amides is 3. The maximum absolute atomic E-state index is 13.1. The van der Waals surface area contributed by atoms with Crippen LogP contribution in [0.25, 0.3) is 0 Å². The van der Waals surface area contributed by atoms with Crippen molar-refractivity contribution in [1.82, 2.24) is 10.6 Å². The van der Waals surface area contributed by atoms with Crippen molar-refractivity contribution in [2.24, 2.45) is 34.0 Å². The van der Waals surface area contributed by atoms with E-state index in [2.05, 4.69) is 20.9 Å². The zero-order valence-corrected chi connectivity index (χ0v) is 21.2. The molecule has 0 aliphatic heterocycles. The van der Waals surface area contributed by atoms with Gasteiger partial charge in [0.05, 0.1) is 11.0 Å². The molecule has 0 aromatic heterocycles. The van der Waals surface area contributed by atoms with Crippen molar-refractivity contribution in [2.75, 3.05) is 11.9 Å². The van der Waals surface area contributed by atoms with Gasteiger partial charge in [-0.1, -0.05) is 27.7 Å². The van der Waals surface area contributed by atoms with Crippen LogP contribution in [0.5, 0.6) is 0 Å². The Morgan fingerprint density at radius 1 is 0.972 bits per heavy atom. The summed E-state index contributed by atoms with van der Waals surface area (Å²) in [4.78, 5) is 52.9. The molecule has 0 saturated carbocycles. The van der Waals surface area contributed by atoms with Crippen LogP contribution in [0.4, 0.5) is 11.4 Å². The van der Waals surface area contributed by atoms with Crippen molar-refractivity contribution in [1.29, 1.82) is 0 Å². The van der Waals surface area contributed by atoms with Gasteiger partial charge in [-0.2, -0.15) is 0 Å². The van der Waals surface area contributed by atoms with E-state index in [9.17, 15) is 24.5 Å². The topological polar surface area (TPSA) is 221 Å². The molecule has 3 amide bonds. The second-order valence-corrected chi connectivity index (χ2v) is 9.26. The smallest absolute Gasteiger partial charge is 0.269 e. The van der Waals surface area contributed by atoms with E-state index in [0.717, 1.165) is 0 Å². The highest BCUT2D eigenvalue weighted by Gasteiger charge is 2.29. The molecule has 1 aromatic rings. The van der Waals surface area contributed by atoms with Crippen LogP contribution >= 0.6 is 0 Å². The van der Waals surface area contributed by atoms with E-state index < -0.39 is 40.8 Å². The van der Waals surface area contributed by atoms with Crippen LogP contribution in [0, 0.1) is 22.0 Å². The van der Waals surface area contributed by atoms with Crippen LogP contribution in [0.2, 0.25) is 0 Å². The van der Waals surface area contributed by atoms with Gasteiger partial charge in [0.2, 0.25) is 17.7 Å². The first-order chi connectivity index (χ1) is 16.8. The summed E-state index contributed by atoms with van der Waals surface area (Å²) in [6.45, 7) is 7.66. The molecule has 0 bridgehead atoms. The van der Waals surface area contributed by atoms with E-state index in [1.54, 1.807) is 13.8 Å². The third-order valence-corrected chi connectivity index (χ3v) is 5.29. The van der Waals surface area contributed by atoms with Crippen molar-refractivity contribution < 1.29 is 19.3 Å². The lowest BCUT2D eigenvalue weighted by atomic mass is 10.00. The lowest BCUT2D eigenvalue weighted by Crippen LogP contribution is -2.56. The number of nitrogens with zero attached hydrogens (tertiary/aromatic N) is 2. The Morgan fingerprint density at radius 2 is 1.56 bits per heavy atom. The van der Waals surface area contributed by atoms with Gasteiger partial charge >= 0.3 is 0 Å². The van der Waals surface area contributed by atoms with Crippen molar-refractivity contribution >= 4 is 35.1 Å². The Kier molecular flexibility index (Phi) is 12.3. The third kappa shape index (κ3) is 10.7. The summed E-state index contributed by atoms with van der Waals surface area (Å²) in [7, 11) is 0. The number of anilines is 1. The normalized spacial score (nSPS) is 13.4. The van der Waals surface area contributed by atoms with E-state index in [-0.39, 0.29) is 36.4 Å². The largest absolute Gasteiger partial charge is 0.370 e. The summed E-state index contributed by atoms with van der Waals surface area (Å²) >= 11 is 0. The quantitative estimate of drug-likeness (QED) is 0.0687. The highest BCUT2D eigenvalue weighted by Crippen LogP contribution is 2.16. The minimum atomic E-state index is -0.979. The summed E-state index contributed by atoms with van der Waals surface area (Å²) in [5.41, 5.74) is 16.8. The number of non-ortho nitro benzene ring substituents is 1. The fourth-order valence-electron chi connectivity index (χ4n) is 3.21. The number of nitrogens with two attached hydrogens (primary N) is 3. The Balaban J connectivity index is 3.03. The van der Waals surface area contributed by atoms with Crippen LogP contribution in [-0.2, 0) is 14.4 Å². The number of guanidine groups is 1. The first kappa shape index (κ1) is 30.3. The molecule has 13 heteroatoms. The molecule has 0 spiro atoms. The van der Waals surface area contributed by atoms with Gasteiger partial charge in [0.1, 0.15) is 12.1 Å². The minimum Gasteiger partial charge on any atom is -0.370 e. The summed E-state index contributed by atoms with van der Waals surface area (Å²) in [6, 6.07) is 2.64. The fourth-order valence-corrected chi connectivity index (χ4v) is 3.21. The van der Waals surface area contributed by atoms with Crippen LogP contribution in [-0.4, -0.2) is 53.3 Å². The summed E-state index contributed by atoms with van der Waals surface area (Å²) in [6.07, 6.45) is 0.929. The molecule has 1 aromatic carbocycles. The maximum atomic E-state index is 13.1. The van der Waals surface area contributed by atoms with E-state index in [4.69, 9.17) is 17.2 Å². The molecule has 200 valence electrons. The molecular weight excluding hydrogens is 468 g/mol. The van der Waals surface area contributed by atoms with Gasteiger partial charge < -0.3 is 33.2 Å². The minimum absolute atomic E-state index is 0.0746. The number of nitro benzene ring substituents is 1. The van der Waals surface area contributed by atoms with E-state index in [0.29, 0.717) is 18.5 Å². The van der Waals surface area contributed by atoms with Crippen LogP contribution in [0.3, 0.4) is 0 Å². The predicted octanol–water partition coefficient (Wildman–Crippen LogP) is 0.586. The highest BCUT2D eigenvalue weighted by atomic mass is 16.6. The number of nitro groups is 1. The monoisotopic (exact) mass is 506 g/mol. The van der Waals surface area contributed by atoms with E-state index in [1.807, 2.05) is 13.8 Å². The number of hydrogen-bond donors (Lipinski definition) is 6. The van der Waals surface area contributed by atoms with Gasteiger partial charge in [-0.15, -0.1) is 0 Å². The molecule has 0 aliphatic rings. The molecule has 3 atom stereocenters. The highest BCUT2D eigenvalue weighted by molar-refractivity contribution is 5.98. The molecule has 9 N–H and O–H groups in total. The SMILES string of the molecule is CC(C)CC(NC(=O)C(N)C(C)C)C(=O)NC(CCCN=C(N)N)C(=O)Nc1ccc([N+](=O)[O-])cc1. The lowest BCUT2D eigenvalue weighted by molar-refractivity contribution is -0.384. The molecule has 0 radical (unpaired) electrons. The number of carbonyl (C=O) groups excluding carboxylic acids is 3. The van der Waals surface area contributed by atoms with Gasteiger partial charge in [0, 0.05) is 24.4 Å². The van der Waals surface area contributed by atoms with Crippen LogP contribution < -0.4 is 33.2 Å². The molecule has 36 heavy (non-hydrogen) atoms. The second kappa shape index (κ2) is 14.6. The molecule has 0 heterocycles. The Morgan fingerprint density at radius 3 is 2.06 bits per heavy atom. The van der Waals surface area contributed by atoms with Gasteiger partial charge in [-0.25, -0.2) is 0 Å². The molecular formula is C23H38N8O5. The Labute approximate surface area is 210 Å². The molecule has 13 nitrogen and oxygen atoms in total. The zero-order valence-electron chi connectivity index (χ0n) is 21.2. The molecule has 0 saturated heterocycles. The average molecular weight is 507 g/mol. The van der Waals surface area contributed by atoms with Gasteiger partial charge in [0.25, 0.3) is 5.69 Å². The summed E-state index contributed by atoms with van der Waals surface area (Å²) < 4.78 is 0. The number of aliphatic imine (C=N–C) groups is 1. The maximum Gasteiger partial charge on any atom is 0.269 e. The number of nitrogens with one attached hydrogen (secondary N) is 3. The van der Waals surface area contributed by atoms with Crippen molar-refractivity contribution in [3.8, 4) is 0 Å². The number of rotatable bonds is 14. The summed E-state index contributed by atoms with van der Waals surface area (Å²) in [5, 5.41) is 18.9. The van der Waals surface area contributed by atoms with Gasteiger partial charge in [-0.05, 0) is 43.2 Å². The first-order valence-corrected chi connectivity index (χ1v) is 11.8. The lowest BCUT2D eigenvalue weighted by Gasteiger charge is -2.26. The van der Waals surface area contributed by atoms with Crippen LogP contribution in [0.15, 0.2) is 29.3 Å². The summed E-state index contributed by atoms with van der Waals surface area (Å²) in [5.74, 6) is -1.65. The second-order valence-electron chi connectivity index (χ2n) is 9.26. The number of carbonyl (C=O) groups is 3. The van der Waals surface area contributed by atoms with E-state index >= 15 is 0 Å².